The number of aromatic nitrogens is 1. The van der Waals surface area contributed by atoms with Crippen LogP contribution in [0.3, 0.4) is 0 Å². The van der Waals surface area contributed by atoms with Crippen LogP contribution in [0.5, 0.6) is 5.75 Å². The van der Waals surface area contributed by atoms with E-state index in [0.29, 0.717) is 6.42 Å². The van der Waals surface area contributed by atoms with Crippen molar-refractivity contribution in [1.82, 2.24) is 4.98 Å². The van der Waals surface area contributed by atoms with E-state index < -0.39 is 11.9 Å². The standard InChI is InChI=1S/C12H13F2NO3/c13-12(14)4-3-8(6-12)7-18-9-2-1-5-15-10(9)11(16)17/h1-2,5,8H,3-4,6-7H2,(H,16,17). The van der Waals surface area contributed by atoms with Gasteiger partial charge in [-0.05, 0) is 24.5 Å². The van der Waals surface area contributed by atoms with Gasteiger partial charge in [0.2, 0.25) is 5.92 Å². The third kappa shape index (κ3) is 2.94. The van der Waals surface area contributed by atoms with Gasteiger partial charge < -0.3 is 9.84 Å². The summed E-state index contributed by atoms with van der Waals surface area (Å²) in [5.41, 5.74) is -0.192. The largest absolute Gasteiger partial charge is 0.491 e. The van der Waals surface area contributed by atoms with E-state index in [2.05, 4.69) is 4.98 Å². The van der Waals surface area contributed by atoms with Gasteiger partial charge in [-0.2, -0.15) is 0 Å². The van der Waals surface area contributed by atoms with Gasteiger partial charge in [-0.3, -0.25) is 0 Å². The highest BCUT2D eigenvalue weighted by atomic mass is 19.3. The maximum absolute atomic E-state index is 13.0. The van der Waals surface area contributed by atoms with Crippen LogP contribution in [-0.4, -0.2) is 28.6 Å². The van der Waals surface area contributed by atoms with E-state index in [1.165, 1.54) is 12.3 Å². The third-order valence-corrected chi connectivity index (χ3v) is 2.95. The molecule has 1 N–H and O–H groups in total. The second-order valence-electron chi connectivity index (χ2n) is 4.43. The Morgan fingerprint density at radius 1 is 1.61 bits per heavy atom. The maximum Gasteiger partial charge on any atom is 0.358 e. The average molecular weight is 257 g/mol. The van der Waals surface area contributed by atoms with Gasteiger partial charge in [0, 0.05) is 19.0 Å². The van der Waals surface area contributed by atoms with Gasteiger partial charge in [-0.25, -0.2) is 18.6 Å². The van der Waals surface area contributed by atoms with Crippen molar-refractivity contribution in [3.8, 4) is 5.75 Å². The first kappa shape index (κ1) is 12.7. The monoisotopic (exact) mass is 257 g/mol. The van der Waals surface area contributed by atoms with Gasteiger partial charge in [0.05, 0.1) is 6.61 Å². The summed E-state index contributed by atoms with van der Waals surface area (Å²) in [6.07, 6.45) is 1.42. The number of nitrogens with zero attached hydrogens (tertiary/aromatic N) is 1. The van der Waals surface area contributed by atoms with E-state index in [-0.39, 0.29) is 36.8 Å². The Labute approximate surface area is 103 Å². The van der Waals surface area contributed by atoms with Crippen LogP contribution >= 0.6 is 0 Å². The minimum atomic E-state index is -2.61. The second-order valence-corrected chi connectivity index (χ2v) is 4.43. The number of alkyl halides is 2. The summed E-state index contributed by atoms with van der Waals surface area (Å²) in [6, 6.07) is 3.02. The Morgan fingerprint density at radius 2 is 2.39 bits per heavy atom. The lowest BCUT2D eigenvalue weighted by Crippen LogP contribution is -2.15. The van der Waals surface area contributed by atoms with Crippen molar-refractivity contribution in [2.75, 3.05) is 6.61 Å². The number of rotatable bonds is 4. The first-order valence-electron chi connectivity index (χ1n) is 5.67. The molecule has 2 rings (SSSR count). The normalized spacial score (nSPS) is 21.8. The van der Waals surface area contributed by atoms with Gasteiger partial charge in [0.15, 0.2) is 11.4 Å². The minimum Gasteiger partial charge on any atom is -0.491 e. The number of carboxylic acid groups (broad SMARTS) is 1. The number of hydrogen-bond donors (Lipinski definition) is 1. The predicted octanol–water partition coefficient (Wildman–Crippen LogP) is 2.59. The number of carbonyl (C=O) groups is 1. The zero-order valence-corrected chi connectivity index (χ0v) is 9.60. The Balaban J connectivity index is 1.97. The summed E-state index contributed by atoms with van der Waals surface area (Å²) in [5, 5.41) is 8.88. The van der Waals surface area contributed by atoms with E-state index >= 15 is 0 Å². The molecule has 0 saturated heterocycles. The number of halogens is 2. The fourth-order valence-corrected chi connectivity index (χ4v) is 2.06. The fourth-order valence-electron chi connectivity index (χ4n) is 2.06. The highest BCUT2D eigenvalue weighted by molar-refractivity contribution is 5.88. The highest BCUT2D eigenvalue weighted by Crippen LogP contribution is 2.39. The van der Waals surface area contributed by atoms with Crippen LogP contribution in [0, 0.1) is 5.92 Å². The van der Waals surface area contributed by atoms with Gasteiger partial charge in [-0.15, -0.1) is 0 Å². The van der Waals surface area contributed by atoms with Gasteiger partial charge in [0.25, 0.3) is 0 Å². The first-order chi connectivity index (χ1) is 8.48. The molecule has 1 saturated carbocycles. The second kappa shape index (κ2) is 4.88. The van der Waals surface area contributed by atoms with Crippen molar-refractivity contribution in [1.29, 1.82) is 0 Å². The molecule has 6 heteroatoms. The van der Waals surface area contributed by atoms with Crippen LogP contribution in [0.4, 0.5) is 8.78 Å². The number of aromatic carboxylic acids is 1. The van der Waals surface area contributed by atoms with Gasteiger partial charge in [-0.1, -0.05) is 0 Å². The molecule has 1 heterocycles. The fraction of sp³-hybridized carbons (Fsp3) is 0.500. The number of carboxylic acids is 1. The van der Waals surface area contributed by atoms with Crippen LogP contribution in [0.1, 0.15) is 29.8 Å². The topological polar surface area (TPSA) is 59.4 Å². The Hall–Kier alpha value is -1.72. The molecule has 0 aliphatic heterocycles. The van der Waals surface area contributed by atoms with Crippen molar-refractivity contribution in [2.24, 2.45) is 5.92 Å². The lowest BCUT2D eigenvalue weighted by Gasteiger charge is -2.13. The molecule has 1 aliphatic rings. The van der Waals surface area contributed by atoms with Crippen LogP contribution in [0.25, 0.3) is 0 Å². The smallest absolute Gasteiger partial charge is 0.358 e. The lowest BCUT2D eigenvalue weighted by atomic mass is 10.1. The third-order valence-electron chi connectivity index (χ3n) is 2.95. The minimum absolute atomic E-state index is 0.0988. The molecule has 1 aromatic heterocycles. The van der Waals surface area contributed by atoms with Crippen molar-refractivity contribution in [3.63, 3.8) is 0 Å². The molecule has 18 heavy (non-hydrogen) atoms. The molecule has 0 amide bonds. The summed E-state index contributed by atoms with van der Waals surface area (Å²) in [5.74, 6) is -3.91. The average Bonchev–Trinajstić information content (AvgIpc) is 2.66. The SMILES string of the molecule is O=C(O)c1ncccc1OCC1CCC(F)(F)C1. The van der Waals surface area contributed by atoms with Crippen LogP contribution in [-0.2, 0) is 0 Å². The van der Waals surface area contributed by atoms with Crippen molar-refractivity contribution in [2.45, 2.75) is 25.2 Å². The van der Waals surface area contributed by atoms with Gasteiger partial charge >= 0.3 is 5.97 Å². The molecule has 1 aliphatic carbocycles. The van der Waals surface area contributed by atoms with Gasteiger partial charge in [0.1, 0.15) is 0 Å². The Bertz CT molecular complexity index is 451. The molecule has 4 nitrogen and oxygen atoms in total. The van der Waals surface area contributed by atoms with Crippen molar-refractivity contribution >= 4 is 5.97 Å². The summed E-state index contributed by atoms with van der Waals surface area (Å²) in [6.45, 7) is 0.0988. The zero-order chi connectivity index (χ0) is 13.2. The van der Waals surface area contributed by atoms with E-state index in [4.69, 9.17) is 9.84 Å². The number of hydrogen-bond acceptors (Lipinski definition) is 3. The molecule has 0 spiro atoms. The zero-order valence-electron chi connectivity index (χ0n) is 9.60. The molecule has 98 valence electrons. The number of pyridine rings is 1. The summed E-state index contributed by atoms with van der Waals surface area (Å²) in [4.78, 5) is 14.5. The molecular weight excluding hydrogens is 244 g/mol. The van der Waals surface area contributed by atoms with E-state index in [0.717, 1.165) is 0 Å². The molecule has 1 fully saturated rings. The van der Waals surface area contributed by atoms with E-state index in [9.17, 15) is 13.6 Å². The molecule has 0 bridgehead atoms. The molecule has 1 aromatic rings. The van der Waals surface area contributed by atoms with E-state index in [1.807, 2.05) is 0 Å². The molecule has 1 unspecified atom stereocenters. The molecule has 1 atom stereocenters. The lowest BCUT2D eigenvalue weighted by molar-refractivity contribution is 0.00284. The quantitative estimate of drug-likeness (QED) is 0.900. The Morgan fingerprint density at radius 3 is 3.00 bits per heavy atom. The highest BCUT2D eigenvalue weighted by Gasteiger charge is 2.39. The molecular formula is C12H13F2NO3. The predicted molar refractivity (Wildman–Crippen MR) is 59.0 cm³/mol. The van der Waals surface area contributed by atoms with Crippen molar-refractivity contribution in [3.05, 3.63) is 24.0 Å². The van der Waals surface area contributed by atoms with Crippen LogP contribution < -0.4 is 4.74 Å². The Kier molecular flexibility index (Phi) is 3.45. The summed E-state index contributed by atoms with van der Waals surface area (Å²) >= 11 is 0. The van der Waals surface area contributed by atoms with E-state index in [1.54, 1.807) is 6.07 Å². The first-order valence-corrected chi connectivity index (χ1v) is 5.67. The summed E-state index contributed by atoms with van der Waals surface area (Å²) in [7, 11) is 0. The number of ether oxygens (including phenoxy) is 1. The van der Waals surface area contributed by atoms with Crippen LogP contribution in [0.15, 0.2) is 18.3 Å². The van der Waals surface area contributed by atoms with Crippen molar-refractivity contribution < 1.29 is 23.4 Å². The summed E-state index contributed by atoms with van der Waals surface area (Å²) < 4.78 is 31.2. The molecule has 0 radical (unpaired) electrons. The van der Waals surface area contributed by atoms with Crippen LogP contribution in [0.2, 0.25) is 0 Å². The molecule has 0 aromatic carbocycles. The maximum atomic E-state index is 13.0.